The highest BCUT2D eigenvalue weighted by molar-refractivity contribution is 6.99. The molecule has 142 valence electrons. The van der Waals surface area contributed by atoms with Crippen molar-refractivity contribution < 1.29 is 9.22 Å². The summed E-state index contributed by atoms with van der Waals surface area (Å²) in [5, 5.41) is 2.45. The average molecular weight is 379 g/mol. The van der Waals surface area contributed by atoms with Gasteiger partial charge in [-0.05, 0) is 41.6 Å². The highest BCUT2D eigenvalue weighted by Crippen LogP contribution is 2.39. The van der Waals surface area contributed by atoms with E-state index in [0.29, 0.717) is 0 Å². The van der Waals surface area contributed by atoms with Gasteiger partial charge in [0.1, 0.15) is 0 Å². The van der Waals surface area contributed by atoms with E-state index in [1.54, 1.807) is 6.92 Å². The molecule has 1 unspecified atom stereocenters. The quantitative estimate of drug-likeness (QED) is 0.709. The van der Waals surface area contributed by atoms with Gasteiger partial charge in [0.2, 0.25) is 0 Å². The molecule has 0 aliphatic heterocycles. The molecule has 0 saturated carbocycles. The van der Waals surface area contributed by atoms with E-state index in [4.69, 9.17) is 4.43 Å². The van der Waals surface area contributed by atoms with E-state index in [9.17, 15) is 4.79 Å². The Labute approximate surface area is 164 Å². The summed E-state index contributed by atoms with van der Waals surface area (Å²) in [5.74, 6) is 0.137. The third-order valence-corrected chi connectivity index (χ3v) is 10.6. The van der Waals surface area contributed by atoms with Gasteiger partial charge in [0.05, 0.1) is 6.10 Å². The molecule has 2 nitrogen and oxygen atoms in total. The number of carbonyl (C=O) groups excluding carboxylic acids is 1. The molecule has 1 atom stereocenters. The fourth-order valence-corrected chi connectivity index (χ4v) is 8.93. The molecular formula is C24H30O2Si. The first-order valence-electron chi connectivity index (χ1n) is 9.86. The molecule has 0 N–H and O–H groups in total. The number of hydrogen-bond donors (Lipinski definition) is 0. The SMILES string of the molecule is CC(=O)C1=CCCCC1O[Si](c1ccccc1)(c1ccccc1)C(C)(C)C. The van der Waals surface area contributed by atoms with Gasteiger partial charge in [0.15, 0.2) is 5.78 Å². The zero-order chi connectivity index (χ0) is 19.5. The number of benzene rings is 2. The van der Waals surface area contributed by atoms with Crippen LogP contribution in [0.5, 0.6) is 0 Å². The molecule has 2 aromatic rings. The molecule has 3 rings (SSSR count). The van der Waals surface area contributed by atoms with Crippen LogP contribution < -0.4 is 10.4 Å². The van der Waals surface area contributed by atoms with Crippen LogP contribution in [0.25, 0.3) is 0 Å². The standard InChI is InChI=1S/C24H30O2Si/c1-19(25)22-17-11-12-18-23(22)26-27(24(2,3)4,20-13-7-5-8-14-20)21-15-9-6-10-16-21/h5-10,13-17,23H,11-12,18H2,1-4H3. The fraction of sp³-hybridized carbons (Fsp3) is 0.375. The van der Waals surface area contributed by atoms with Crippen molar-refractivity contribution in [1.29, 1.82) is 0 Å². The van der Waals surface area contributed by atoms with Crippen LogP contribution in [0.1, 0.15) is 47.0 Å². The van der Waals surface area contributed by atoms with Crippen molar-refractivity contribution in [3.8, 4) is 0 Å². The summed E-state index contributed by atoms with van der Waals surface area (Å²) in [6.07, 6.45) is 4.92. The van der Waals surface area contributed by atoms with Gasteiger partial charge in [-0.2, -0.15) is 0 Å². The number of rotatable bonds is 5. The summed E-state index contributed by atoms with van der Waals surface area (Å²) in [6.45, 7) is 8.50. The Bertz CT molecular complexity index is 764. The normalized spacial score (nSPS) is 18.1. The molecule has 0 heterocycles. The molecule has 0 radical (unpaired) electrons. The van der Waals surface area contributed by atoms with Gasteiger partial charge in [-0.25, -0.2) is 0 Å². The van der Waals surface area contributed by atoms with Crippen molar-refractivity contribution in [2.75, 3.05) is 0 Å². The van der Waals surface area contributed by atoms with Crippen LogP contribution in [0, 0.1) is 0 Å². The van der Waals surface area contributed by atoms with E-state index in [1.807, 2.05) is 0 Å². The monoisotopic (exact) mass is 378 g/mol. The molecule has 0 fully saturated rings. The van der Waals surface area contributed by atoms with E-state index >= 15 is 0 Å². The Balaban J connectivity index is 2.19. The van der Waals surface area contributed by atoms with Crippen LogP contribution in [-0.4, -0.2) is 20.2 Å². The summed E-state index contributed by atoms with van der Waals surface area (Å²) in [7, 11) is -2.62. The van der Waals surface area contributed by atoms with Crippen molar-refractivity contribution in [3.63, 3.8) is 0 Å². The van der Waals surface area contributed by atoms with Crippen LogP contribution in [0.3, 0.4) is 0 Å². The minimum atomic E-state index is -2.62. The molecule has 1 aliphatic rings. The second-order valence-corrected chi connectivity index (χ2v) is 12.7. The topological polar surface area (TPSA) is 26.3 Å². The highest BCUT2D eigenvalue weighted by Gasteiger charge is 2.52. The molecule has 0 bridgehead atoms. The van der Waals surface area contributed by atoms with Crippen LogP contribution in [0.4, 0.5) is 0 Å². The Morgan fingerprint density at radius 3 is 1.93 bits per heavy atom. The smallest absolute Gasteiger partial charge is 0.261 e. The van der Waals surface area contributed by atoms with E-state index in [0.717, 1.165) is 24.8 Å². The molecule has 0 spiro atoms. The third-order valence-electron chi connectivity index (χ3n) is 5.52. The Hall–Kier alpha value is -1.97. The number of ketones is 1. The van der Waals surface area contributed by atoms with Crippen molar-refractivity contribution in [2.45, 2.75) is 58.1 Å². The van der Waals surface area contributed by atoms with E-state index < -0.39 is 8.32 Å². The van der Waals surface area contributed by atoms with E-state index in [-0.39, 0.29) is 16.9 Å². The van der Waals surface area contributed by atoms with Gasteiger partial charge >= 0.3 is 0 Å². The van der Waals surface area contributed by atoms with Crippen LogP contribution in [0.2, 0.25) is 5.04 Å². The van der Waals surface area contributed by atoms with Gasteiger partial charge < -0.3 is 4.43 Å². The zero-order valence-electron chi connectivity index (χ0n) is 16.9. The number of carbonyl (C=O) groups is 1. The first-order chi connectivity index (χ1) is 12.9. The lowest BCUT2D eigenvalue weighted by Crippen LogP contribution is -2.68. The Morgan fingerprint density at radius 2 is 1.48 bits per heavy atom. The molecule has 0 saturated heterocycles. The molecule has 27 heavy (non-hydrogen) atoms. The van der Waals surface area contributed by atoms with Crippen molar-refractivity contribution in [2.24, 2.45) is 0 Å². The predicted octanol–water partition coefficient (Wildman–Crippen LogP) is 4.63. The van der Waals surface area contributed by atoms with Crippen molar-refractivity contribution in [1.82, 2.24) is 0 Å². The lowest BCUT2D eigenvalue weighted by molar-refractivity contribution is -0.114. The van der Waals surface area contributed by atoms with Gasteiger partial charge in [-0.1, -0.05) is 87.5 Å². The minimum Gasteiger partial charge on any atom is -0.400 e. The summed E-state index contributed by atoms with van der Waals surface area (Å²) in [6, 6.07) is 21.3. The van der Waals surface area contributed by atoms with E-state index in [2.05, 4.69) is 87.5 Å². The molecule has 0 aromatic heterocycles. The Morgan fingerprint density at radius 1 is 0.963 bits per heavy atom. The summed E-state index contributed by atoms with van der Waals surface area (Å²) >= 11 is 0. The zero-order valence-corrected chi connectivity index (χ0v) is 17.9. The predicted molar refractivity (Wildman–Crippen MR) is 115 cm³/mol. The maximum atomic E-state index is 12.3. The number of allylic oxidation sites excluding steroid dienone is 1. The molecular weight excluding hydrogens is 348 g/mol. The van der Waals surface area contributed by atoms with E-state index in [1.165, 1.54) is 10.4 Å². The van der Waals surface area contributed by atoms with Gasteiger partial charge in [-0.3, -0.25) is 4.79 Å². The maximum absolute atomic E-state index is 12.3. The lowest BCUT2D eigenvalue weighted by Gasteiger charge is -2.46. The molecule has 2 aromatic carbocycles. The molecule has 0 amide bonds. The Kier molecular flexibility index (Phi) is 5.83. The van der Waals surface area contributed by atoms with Gasteiger partial charge in [0.25, 0.3) is 8.32 Å². The van der Waals surface area contributed by atoms with Gasteiger partial charge in [0, 0.05) is 5.57 Å². The van der Waals surface area contributed by atoms with Crippen LogP contribution in [-0.2, 0) is 9.22 Å². The number of hydrogen-bond acceptors (Lipinski definition) is 2. The minimum absolute atomic E-state index is 0.0744. The van der Waals surface area contributed by atoms with Gasteiger partial charge in [-0.15, -0.1) is 0 Å². The summed E-state index contributed by atoms with van der Waals surface area (Å²) in [5.41, 5.74) is 0.856. The molecule has 1 aliphatic carbocycles. The fourth-order valence-electron chi connectivity index (χ4n) is 4.25. The first kappa shape index (κ1) is 19.8. The first-order valence-corrected chi connectivity index (χ1v) is 11.8. The second-order valence-electron chi connectivity index (χ2n) is 8.42. The average Bonchev–Trinajstić information content (AvgIpc) is 2.66. The number of Topliss-reactive ketones (excluding diaryl/α,β-unsaturated/α-hetero) is 1. The second kappa shape index (κ2) is 7.95. The summed E-state index contributed by atoms with van der Waals surface area (Å²) < 4.78 is 7.14. The van der Waals surface area contributed by atoms with Crippen LogP contribution in [0.15, 0.2) is 72.3 Å². The van der Waals surface area contributed by atoms with Crippen molar-refractivity contribution >= 4 is 24.5 Å². The van der Waals surface area contributed by atoms with Crippen LogP contribution >= 0.6 is 0 Å². The lowest BCUT2D eigenvalue weighted by atomic mass is 9.94. The highest BCUT2D eigenvalue weighted by atomic mass is 28.4. The van der Waals surface area contributed by atoms with Crippen molar-refractivity contribution in [3.05, 3.63) is 72.3 Å². The molecule has 3 heteroatoms. The largest absolute Gasteiger partial charge is 0.400 e. The maximum Gasteiger partial charge on any atom is 0.261 e. The third kappa shape index (κ3) is 3.85. The summed E-state index contributed by atoms with van der Waals surface area (Å²) in [4.78, 5) is 12.3.